The maximum atomic E-state index is 12.7. The Morgan fingerprint density at radius 2 is 1.86 bits per heavy atom. The third-order valence-corrected chi connectivity index (χ3v) is 6.88. The summed E-state index contributed by atoms with van der Waals surface area (Å²) in [6.45, 7) is 2.64. The van der Waals surface area contributed by atoms with Crippen molar-refractivity contribution < 1.29 is 4.74 Å². The monoisotopic (exact) mass is 410 g/mol. The summed E-state index contributed by atoms with van der Waals surface area (Å²) in [5, 5.41) is 3.65. The molecule has 1 aromatic carbocycles. The van der Waals surface area contributed by atoms with Gasteiger partial charge in [0, 0.05) is 42.0 Å². The molecule has 0 bridgehead atoms. The highest BCUT2D eigenvalue weighted by Gasteiger charge is 2.23. The van der Waals surface area contributed by atoms with Gasteiger partial charge < -0.3 is 13.9 Å². The first-order valence-corrected chi connectivity index (χ1v) is 11.7. The first-order valence-electron chi connectivity index (χ1n) is 9.84. The lowest BCUT2D eigenvalue weighted by Gasteiger charge is -2.17. The summed E-state index contributed by atoms with van der Waals surface area (Å²) in [6, 6.07) is 9.21. The SMILES string of the molecule is C/C=S(\C)Cn1cc(-c2cn(C)c(=O)c3ccccc23)c(OCC2CC2)cc1=O. The second kappa shape index (κ2) is 8.03. The van der Waals surface area contributed by atoms with Gasteiger partial charge in [0.25, 0.3) is 11.1 Å². The van der Waals surface area contributed by atoms with E-state index in [-0.39, 0.29) is 21.6 Å². The number of aromatic nitrogens is 2. The van der Waals surface area contributed by atoms with Crippen molar-refractivity contribution in [2.75, 3.05) is 12.9 Å². The van der Waals surface area contributed by atoms with Crippen molar-refractivity contribution in [1.29, 1.82) is 0 Å². The molecule has 152 valence electrons. The summed E-state index contributed by atoms with van der Waals surface area (Å²) >= 11 is 0. The molecular weight excluding hydrogens is 384 g/mol. The lowest BCUT2D eigenvalue weighted by molar-refractivity contribution is 0.300. The van der Waals surface area contributed by atoms with Crippen LogP contribution in [0.1, 0.15) is 19.8 Å². The Bertz CT molecular complexity index is 1220. The Morgan fingerprint density at radius 1 is 1.14 bits per heavy atom. The maximum absolute atomic E-state index is 12.7. The zero-order chi connectivity index (χ0) is 20.5. The van der Waals surface area contributed by atoms with E-state index in [4.69, 9.17) is 4.74 Å². The summed E-state index contributed by atoms with van der Waals surface area (Å²) < 4.78 is 9.45. The van der Waals surface area contributed by atoms with E-state index in [1.165, 1.54) is 12.8 Å². The smallest absolute Gasteiger partial charge is 0.258 e. The number of pyridine rings is 2. The van der Waals surface area contributed by atoms with Gasteiger partial charge in [-0.1, -0.05) is 23.6 Å². The summed E-state index contributed by atoms with van der Waals surface area (Å²) in [7, 11) is 1.75. The molecule has 0 N–H and O–H groups in total. The largest absolute Gasteiger partial charge is 0.492 e. The molecule has 0 saturated heterocycles. The first kappa shape index (κ1) is 19.7. The van der Waals surface area contributed by atoms with Crippen LogP contribution in [-0.4, -0.2) is 27.4 Å². The standard InChI is InChI=1S/C23H26N2O3S/c1-4-29(3)15-25-13-20(21(11-22(25)26)28-14-16-9-10-16)19-12-24(2)23(27)18-8-6-5-7-17(18)19/h4-8,11-13,16H,9-10,14-15H2,1-3H3. The average molecular weight is 411 g/mol. The number of hydrogen-bond acceptors (Lipinski definition) is 3. The fraction of sp³-hybridized carbons (Fsp3) is 0.348. The van der Waals surface area contributed by atoms with Crippen molar-refractivity contribution in [2.45, 2.75) is 25.6 Å². The van der Waals surface area contributed by atoms with E-state index in [1.54, 1.807) is 22.2 Å². The molecule has 5 nitrogen and oxygen atoms in total. The van der Waals surface area contributed by atoms with Gasteiger partial charge in [0.1, 0.15) is 5.75 Å². The van der Waals surface area contributed by atoms with Crippen LogP contribution in [0.3, 0.4) is 0 Å². The van der Waals surface area contributed by atoms with Crippen molar-refractivity contribution >= 4 is 26.6 Å². The Morgan fingerprint density at radius 3 is 2.55 bits per heavy atom. The highest BCUT2D eigenvalue weighted by atomic mass is 32.2. The maximum Gasteiger partial charge on any atom is 0.258 e. The molecule has 29 heavy (non-hydrogen) atoms. The fourth-order valence-corrected chi connectivity index (χ4v) is 4.19. The highest BCUT2D eigenvalue weighted by molar-refractivity contribution is 8.13. The normalized spacial score (nSPS) is 15.0. The van der Waals surface area contributed by atoms with E-state index in [9.17, 15) is 9.59 Å². The molecule has 2 heterocycles. The van der Waals surface area contributed by atoms with Gasteiger partial charge in [-0.25, -0.2) is 0 Å². The second-order valence-electron chi connectivity index (χ2n) is 7.67. The third kappa shape index (κ3) is 4.08. The van der Waals surface area contributed by atoms with E-state index in [1.807, 2.05) is 43.6 Å². The minimum absolute atomic E-state index is 0.00383. The van der Waals surface area contributed by atoms with Gasteiger partial charge in [0.05, 0.1) is 12.5 Å². The number of rotatable bonds is 6. The number of aryl methyl sites for hydroxylation is 1. The first-order chi connectivity index (χ1) is 14.0. The molecule has 1 fully saturated rings. The molecule has 6 heteroatoms. The molecule has 4 rings (SSSR count). The van der Waals surface area contributed by atoms with Crippen LogP contribution in [-0.2, 0) is 12.9 Å². The highest BCUT2D eigenvalue weighted by Crippen LogP contribution is 2.35. The van der Waals surface area contributed by atoms with Gasteiger partial charge in [-0.05, 0) is 43.4 Å². The predicted molar refractivity (Wildman–Crippen MR) is 122 cm³/mol. The zero-order valence-corrected chi connectivity index (χ0v) is 17.9. The van der Waals surface area contributed by atoms with Gasteiger partial charge in [-0.2, -0.15) is 10.5 Å². The summed E-state index contributed by atoms with van der Waals surface area (Å²) in [5.41, 5.74) is 1.66. The van der Waals surface area contributed by atoms with Crippen molar-refractivity contribution in [3.63, 3.8) is 0 Å². The summed E-state index contributed by atoms with van der Waals surface area (Å²) in [5.74, 6) is 1.81. The second-order valence-corrected chi connectivity index (χ2v) is 9.79. The van der Waals surface area contributed by atoms with Gasteiger partial charge >= 0.3 is 0 Å². The van der Waals surface area contributed by atoms with Crippen LogP contribution in [0.5, 0.6) is 5.75 Å². The fourth-order valence-electron chi connectivity index (χ4n) is 3.40. The van der Waals surface area contributed by atoms with Crippen LogP contribution >= 0.6 is 10.5 Å². The molecule has 1 unspecified atom stereocenters. The summed E-state index contributed by atoms with van der Waals surface area (Å²) in [6.07, 6.45) is 8.21. The van der Waals surface area contributed by atoms with Gasteiger partial charge in [0.15, 0.2) is 0 Å². The van der Waals surface area contributed by atoms with Gasteiger partial charge in [-0.3, -0.25) is 9.59 Å². The topological polar surface area (TPSA) is 53.2 Å². The van der Waals surface area contributed by atoms with Crippen molar-refractivity contribution in [3.8, 4) is 16.9 Å². The average Bonchev–Trinajstić information content (AvgIpc) is 3.55. The molecule has 1 aliphatic rings. The minimum atomic E-state index is -0.0603. The molecule has 2 aromatic heterocycles. The van der Waals surface area contributed by atoms with Gasteiger partial charge in [-0.15, -0.1) is 0 Å². The molecule has 0 radical (unpaired) electrons. The Kier molecular flexibility index (Phi) is 5.46. The molecule has 3 aromatic rings. The lowest BCUT2D eigenvalue weighted by Crippen LogP contribution is -2.20. The van der Waals surface area contributed by atoms with Crippen LogP contribution in [0.2, 0.25) is 0 Å². The molecule has 1 saturated carbocycles. The zero-order valence-electron chi connectivity index (χ0n) is 17.1. The Labute approximate surface area is 172 Å². The molecule has 1 atom stereocenters. The predicted octanol–water partition coefficient (Wildman–Crippen LogP) is 3.83. The van der Waals surface area contributed by atoms with Gasteiger partial charge in [0.2, 0.25) is 0 Å². The van der Waals surface area contributed by atoms with Crippen molar-refractivity contribution in [2.24, 2.45) is 13.0 Å². The molecule has 0 aliphatic heterocycles. The van der Waals surface area contributed by atoms with Crippen LogP contribution in [0.4, 0.5) is 0 Å². The Balaban J connectivity index is 1.94. The van der Waals surface area contributed by atoms with Crippen LogP contribution < -0.4 is 15.9 Å². The number of benzene rings is 1. The van der Waals surface area contributed by atoms with E-state index < -0.39 is 0 Å². The summed E-state index contributed by atoms with van der Waals surface area (Å²) in [4.78, 5) is 25.3. The van der Waals surface area contributed by atoms with E-state index in [2.05, 4.69) is 11.6 Å². The third-order valence-electron chi connectivity index (χ3n) is 5.39. The van der Waals surface area contributed by atoms with Crippen molar-refractivity contribution in [3.05, 3.63) is 63.4 Å². The molecule has 0 amide bonds. The van der Waals surface area contributed by atoms with Crippen LogP contribution in [0, 0.1) is 5.92 Å². The lowest BCUT2D eigenvalue weighted by atomic mass is 10.0. The van der Waals surface area contributed by atoms with Crippen LogP contribution in [0.25, 0.3) is 21.9 Å². The molecule has 0 spiro atoms. The number of fused-ring (bicyclic) bond motifs is 1. The van der Waals surface area contributed by atoms with E-state index in [0.717, 1.165) is 16.5 Å². The number of nitrogens with zero attached hydrogens (tertiary/aromatic N) is 2. The van der Waals surface area contributed by atoms with E-state index >= 15 is 0 Å². The minimum Gasteiger partial charge on any atom is -0.492 e. The van der Waals surface area contributed by atoms with Crippen LogP contribution in [0.15, 0.2) is 52.3 Å². The van der Waals surface area contributed by atoms with E-state index in [0.29, 0.717) is 29.5 Å². The Hall–Kier alpha value is -2.60. The molecular formula is C23H26N2O3S. The quantitative estimate of drug-likeness (QED) is 0.580. The van der Waals surface area contributed by atoms with Crippen molar-refractivity contribution in [1.82, 2.24) is 9.13 Å². The number of hydrogen-bond donors (Lipinski definition) is 0. The number of ether oxygens (including phenoxy) is 1. The molecule has 1 aliphatic carbocycles.